The lowest BCUT2D eigenvalue weighted by Gasteiger charge is -2.12. The fourth-order valence-corrected chi connectivity index (χ4v) is 1.42. The summed E-state index contributed by atoms with van der Waals surface area (Å²) in [6.45, 7) is 0.787. The van der Waals surface area contributed by atoms with E-state index in [1.807, 2.05) is 0 Å². The molecule has 0 radical (unpaired) electrons. The summed E-state index contributed by atoms with van der Waals surface area (Å²) in [6, 6.07) is 1.71. The highest BCUT2D eigenvalue weighted by Gasteiger charge is 2.28. The lowest BCUT2D eigenvalue weighted by atomic mass is 10.3. The minimum Gasteiger partial charge on any atom is -0.391 e. The van der Waals surface area contributed by atoms with Gasteiger partial charge in [-0.15, -0.1) is 0 Å². The van der Waals surface area contributed by atoms with Crippen molar-refractivity contribution in [3.05, 3.63) is 18.0 Å². The Hall–Kier alpha value is -1.36. The summed E-state index contributed by atoms with van der Waals surface area (Å²) >= 11 is 0. The molecule has 1 aromatic rings. The molecule has 1 aliphatic heterocycles. The molecule has 0 saturated carbocycles. The number of hydrogen-bond acceptors (Lipinski definition) is 4. The molecule has 0 aliphatic carbocycles. The van der Waals surface area contributed by atoms with E-state index in [1.54, 1.807) is 11.0 Å². The first kappa shape index (κ1) is 8.25. The van der Waals surface area contributed by atoms with Crippen molar-refractivity contribution < 1.29 is 14.4 Å². The van der Waals surface area contributed by atoms with E-state index >= 15 is 0 Å². The first-order valence-electron chi connectivity index (χ1n) is 4.11. The Morgan fingerprint density at radius 2 is 2.62 bits per heavy atom. The Bertz CT molecular complexity index is 296. The molecule has 1 N–H and O–H groups in total. The third kappa shape index (κ3) is 1.70. The molecule has 1 unspecified atom stereocenters. The van der Waals surface area contributed by atoms with Gasteiger partial charge in [-0.2, -0.15) is 0 Å². The summed E-state index contributed by atoms with van der Waals surface area (Å²) in [4.78, 5) is 12.8. The number of hydrogen-bond donors (Lipinski definition) is 1. The van der Waals surface area contributed by atoms with Gasteiger partial charge >= 0.3 is 0 Å². The van der Waals surface area contributed by atoms with Gasteiger partial charge in [0.25, 0.3) is 0 Å². The van der Waals surface area contributed by atoms with Gasteiger partial charge in [0.05, 0.1) is 25.3 Å². The normalized spacial score (nSPS) is 22.7. The molecule has 2 heterocycles. The monoisotopic (exact) mass is 182 g/mol. The number of carbonyl (C=O) groups excluding carboxylic acids is 1. The van der Waals surface area contributed by atoms with Gasteiger partial charge in [0, 0.05) is 12.6 Å². The average Bonchev–Trinajstić information content (AvgIpc) is 2.63. The van der Waals surface area contributed by atoms with Crippen molar-refractivity contribution in [3.63, 3.8) is 0 Å². The number of aromatic nitrogens is 1. The molecule has 0 bridgehead atoms. The summed E-state index contributed by atoms with van der Waals surface area (Å²) in [7, 11) is 0. The van der Waals surface area contributed by atoms with Crippen LogP contribution >= 0.6 is 0 Å². The van der Waals surface area contributed by atoms with Gasteiger partial charge in [-0.3, -0.25) is 4.79 Å². The van der Waals surface area contributed by atoms with Crippen LogP contribution in [-0.4, -0.2) is 33.7 Å². The zero-order valence-electron chi connectivity index (χ0n) is 7.01. The summed E-state index contributed by atoms with van der Waals surface area (Å²) in [5.41, 5.74) is 0. The molecule has 1 aromatic heterocycles. The molecule has 2 rings (SSSR count). The molecule has 1 amide bonds. The van der Waals surface area contributed by atoms with E-state index < -0.39 is 6.10 Å². The van der Waals surface area contributed by atoms with Crippen LogP contribution in [0.3, 0.4) is 0 Å². The van der Waals surface area contributed by atoms with E-state index in [2.05, 4.69) is 5.16 Å². The van der Waals surface area contributed by atoms with E-state index in [1.165, 1.54) is 6.20 Å². The van der Waals surface area contributed by atoms with Crippen LogP contribution in [0.2, 0.25) is 0 Å². The van der Waals surface area contributed by atoms with Crippen LogP contribution in [0.25, 0.3) is 0 Å². The van der Waals surface area contributed by atoms with Gasteiger partial charge in [0.15, 0.2) is 5.76 Å². The van der Waals surface area contributed by atoms with Crippen molar-refractivity contribution in [1.82, 2.24) is 10.1 Å². The number of likely N-dealkylation sites (tertiary alicyclic amines) is 1. The van der Waals surface area contributed by atoms with Crippen LogP contribution in [0.1, 0.15) is 12.2 Å². The van der Waals surface area contributed by atoms with E-state index in [0.717, 1.165) is 0 Å². The van der Waals surface area contributed by atoms with Gasteiger partial charge in [-0.1, -0.05) is 5.16 Å². The van der Waals surface area contributed by atoms with E-state index in [9.17, 15) is 9.90 Å². The number of rotatable bonds is 2. The van der Waals surface area contributed by atoms with Gasteiger partial charge in [-0.05, 0) is 0 Å². The second kappa shape index (κ2) is 3.18. The lowest BCUT2D eigenvalue weighted by Crippen LogP contribution is -2.24. The second-order valence-corrected chi connectivity index (χ2v) is 3.11. The fourth-order valence-electron chi connectivity index (χ4n) is 1.42. The van der Waals surface area contributed by atoms with Crippen LogP contribution in [-0.2, 0) is 11.3 Å². The first-order chi connectivity index (χ1) is 6.25. The molecule has 0 aromatic carbocycles. The predicted octanol–water partition coefficient (Wildman–Crippen LogP) is -0.232. The lowest BCUT2D eigenvalue weighted by molar-refractivity contribution is -0.128. The highest BCUT2D eigenvalue weighted by Crippen LogP contribution is 2.14. The maximum Gasteiger partial charge on any atom is 0.225 e. The Labute approximate surface area is 74.9 Å². The van der Waals surface area contributed by atoms with Crippen LogP contribution < -0.4 is 0 Å². The largest absolute Gasteiger partial charge is 0.391 e. The van der Waals surface area contributed by atoms with E-state index in [4.69, 9.17) is 4.52 Å². The number of β-amino-alcohol motifs (C(OH)–C–C–N with tert-alkyl or cyclic N) is 1. The van der Waals surface area contributed by atoms with E-state index in [-0.39, 0.29) is 12.3 Å². The number of aliphatic hydroxyl groups is 1. The van der Waals surface area contributed by atoms with E-state index in [0.29, 0.717) is 18.8 Å². The SMILES string of the molecule is O=C1CC(O)CN1Cc1ccno1. The molecule has 1 atom stereocenters. The molecule has 0 spiro atoms. The summed E-state index contributed by atoms with van der Waals surface area (Å²) in [5, 5.41) is 12.7. The van der Waals surface area contributed by atoms with Crippen LogP contribution in [0.15, 0.2) is 16.8 Å². The Kier molecular flexibility index (Phi) is 2.02. The van der Waals surface area contributed by atoms with Gasteiger partial charge < -0.3 is 14.5 Å². The quantitative estimate of drug-likeness (QED) is 0.686. The van der Waals surface area contributed by atoms with Crippen LogP contribution in [0, 0.1) is 0 Å². The summed E-state index contributed by atoms with van der Waals surface area (Å²) < 4.78 is 4.85. The third-order valence-electron chi connectivity index (χ3n) is 2.03. The second-order valence-electron chi connectivity index (χ2n) is 3.11. The molecular weight excluding hydrogens is 172 g/mol. The standard InChI is InChI=1S/C8H10N2O3/c11-6-3-8(12)10(4-6)5-7-1-2-9-13-7/h1-2,6,11H,3-5H2. The maximum atomic E-state index is 11.2. The molecule has 13 heavy (non-hydrogen) atoms. The summed E-state index contributed by atoms with van der Waals surface area (Å²) in [5.74, 6) is 0.603. The zero-order valence-corrected chi connectivity index (χ0v) is 7.01. The number of nitrogens with zero attached hydrogens (tertiary/aromatic N) is 2. The molecule has 1 fully saturated rings. The third-order valence-corrected chi connectivity index (χ3v) is 2.03. The van der Waals surface area contributed by atoms with Crippen molar-refractivity contribution >= 4 is 5.91 Å². The van der Waals surface area contributed by atoms with Crippen molar-refractivity contribution in [3.8, 4) is 0 Å². The molecule has 70 valence electrons. The molecule has 1 aliphatic rings. The Morgan fingerprint density at radius 1 is 1.77 bits per heavy atom. The van der Waals surface area contributed by atoms with Crippen molar-refractivity contribution in [1.29, 1.82) is 0 Å². The van der Waals surface area contributed by atoms with Crippen LogP contribution in [0.5, 0.6) is 0 Å². The smallest absolute Gasteiger partial charge is 0.225 e. The highest BCUT2D eigenvalue weighted by molar-refractivity contribution is 5.78. The highest BCUT2D eigenvalue weighted by atomic mass is 16.5. The maximum absolute atomic E-state index is 11.2. The van der Waals surface area contributed by atoms with Gasteiger partial charge in [0.2, 0.25) is 5.91 Å². The summed E-state index contributed by atoms with van der Waals surface area (Å²) in [6.07, 6.45) is 1.22. The molecule has 5 nitrogen and oxygen atoms in total. The fraction of sp³-hybridized carbons (Fsp3) is 0.500. The average molecular weight is 182 g/mol. The van der Waals surface area contributed by atoms with Gasteiger partial charge in [0.1, 0.15) is 0 Å². The first-order valence-corrected chi connectivity index (χ1v) is 4.11. The minimum atomic E-state index is -0.532. The topological polar surface area (TPSA) is 66.6 Å². The zero-order chi connectivity index (χ0) is 9.26. The Balaban J connectivity index is 1.99. The minimum absolute atomic E-state index is 0.0381. The number of carbonyl (C=O) groups is 1. The predicted molar refractivity (Wildman–Crippen MR) is 42.5 cm³/mol. The molecular formula is C8H10N2O3. The van der Waals surface area contributed by atoms with Crippen molar-refractivity contribution in [2.75, 3.05) is 6.54 Å². The van der Waals surface area contributed by atoms with Crippen molar-refractivity contribution in [2.24, 2.45) is 0 Å². The number of amides is 1. The Morgan fingerprint density at radius 3 is 3.15 bits per heavy atom. The van der Waals surface area contributed by atoms with Crippen LogP contribution in [0.4, 0.5) is 0 Å². The number of aliphatic hydroxyl groups excluding tert-OH is 1. The molecule has 5 heteroatoms. The van der Waals surface area contributed by atoms with Gasteiger partial charge in [-0.25, -0.2) is 0 Å². The molecule has 1 saturated heterocycles. The van der Waals surface area contributed by atoms with Crippen molar-refractivity contribution in [2.45, 2.75) is 19.1 Å².